The first-order valence-corrected chi connectivity index (χ1v) is 10.0. The van der Waals surface area contributed by atoms with Gasteiger partial charge in [-0.15, -0.1) is 0 Å². The number of carbonyl (C=O) groups excluding carboxylic acids is 1. The van der Waals surface area contributed by atoms with E-state index in [1.165, 1.54) is 5.56 Å². The maximum Gasteiger partial charge on any atom is 0.280 e. The first-order valence-electron chi connectivity index (χ1n) is 9.63. The summed E-state index contributed by atoms with van der Waals surface area (Å²) < 4.78 is 5.59. The summed E-state index contributed by atoms with van der Waals surface area (Å²) in [6.07, 6.45) is 3.23. The summed E-state index contributed by atoms with van der Waals surface area (Å²) in [5.74, 6) is -0.288. The van der Waals surface area contributed by atoms with E-state index < -0.39 is 5.91 Å². The highest BCUT2D eigenvalue weighted by molar-refractivity contribution is 6.31. The van der Waals surface area contributed by atoms with Crippen molar-refractivity contribution in [2.24, 2.45) is 5.73 Å². The Kier molecular flexibility index (Phi) is 8.89. The van der Waals surface area contributed by atoms with Gasteiger partial charge in [0.15, 0.2) is 28.4 Å². The van der Waals surface area contributed by atoms with Gasteiger partial charge in [0.2, 0.25) is 0 Å². The average Bonchev–Trinajstić information content (AvgIpc) is 2.71. The van der Waals surface area contributed by atoms with E-state index in [-0.39, 0.29) is 28.4 Å². The van der Waals surface area contributed by atoms with Gasteiger partial charge in [0.25, 0.3) is 5.91 Å². The first-order chi connectivity index (χ1) is 14.8. The third kappa shape index (κ3) is 8.01. The summed E-state index contributed by atoms with van der Waals surface area (Å²) in [6, 6.07) is 7.89. The van der Waals surface area contributed by atoms with Gasteiger partial charge < -0.3 is 27.3 Å². The van der Waals surface area contributed by atoms with Crippen LogP contribution in [-0.4, -0.2) is 35.0 Å². The highest BCUT2D eigenvalue weighted by Gasteiger charge is 2.16. The predicted molar refractivity (Wildman–Crippen MR) is 122 cm³/mol. The molecule has 0 fully saturated rings. The molecule has 0 aliphatic heterocycles. The molecule has 0 aliphatic carbocycles. The van der Waals surface area contributed by atoms with Crippen molar-refractivity contribution in [3.63, 3.8) is 0 Å². The van der Waals surface area contributed by atoms with Crippen LogP contribution >= 0.6 is 11.6 Å². The molecule has 0 bridgehead atoms. The van der Waals surface area contributed by atoms with Crippen LogP contribution in [-0.2, 0) is 6.42 Å². The second-order valence-corrected chi connectivity index (χ2v) is 7.11. The molecule has 10 nitrogen and oxygen atoms in total. The zero-order valence-electron chi connectivity index (χ0n) is 17.1. The van der Waals surface area contributed by atoms with Gasteiger partial charge >= 0.3 is 0 Å². The van der Waals surface area contributed by atoms with Crippen LogP contribution in [0.1, 0.15) is 35.3 Å². The van der Waals surface area contributed by atoms with Crippen LogP contribution in [0.5, 0.6) is 5.75 Å². The Bertz CT molecular complexity index is 934. The van der Waals surface area contributed by atoms with E-state index in [1.54, 1.807) is 0 Å². The topological polar surface area (TPSA) is 178 Å². The van der Waals surface area contributed by atoms with E-state index in [0.717, 1.165) is 25.0 Å². The van der Waals surface area contributed by atoms with E-state index >= 15 is 0 Å². The third-order valence-electron chi connectivity index (χ3n) is 4.17. The van der Waals surface area contributed by atoms with Gasteiger partial charge in [-0.05, 0) is 37.0 Å². The molecule has 0 spiro atoms. The molecule has 1 heterocycles. The van der Waals surface area contributed by atoms with Gasteiger partial charge in [-0.25, -0.2) is 9.97 Å². The van der Waals surface area contributed by atoms with Gasteiger partial charge in [-0.1, -0.05) is 30.3 Å². The molecule has 2 rings (SSSR count). The molecule has 0 aliphatic rings. The lowest BCUT2D eigenvalue weighted by Crippen LogP contribution is -2.41. The minimum atomic E-state index is -0.692. The third-order valence-corrected chi connectivity index (χ3v) is 4.45. The highest BCUT2D eigenvalue weighted by Crippen LogP contribution is 2.17. The van der Waals surface area contributed by atoms with Crippen LogP contribution in [0.25, 0.3) is 0 Å². The second-order valence-electron chi connectivity index (χ2n) is 6.75. The number of rotatable bonds is 10. The van der Waals surface area contributed by atoms with Gasteiger partial charge in [-0.3, -0.25) is 15.5 Å². The number of hydrogen-bond donors (Lipinski definition) is 6. The summed E-state index contributed by atoms with van der Waals surface area (Å²) in [5, 5.41) is 12.9. The number of carbonyl (C=O) groups is 1. The Balaban J connectivity index is 1.66. The molecule has 0 saturated carbocycles. The minimum Gasteiger partial charge on any atom is -0.493 e. The lowest BCUT2D eigenvalue weighted by atomic mass is 10.1. The number of nitrogens with zero attached hydrogens (tertiary/aromatic N) is 2. The number of nitrogen functional groups attached to an aromatic ring is 2. The van der Waals surface area contributed by atoms with Crippen molar-refractivity contribution >= 4 is 35.1 Å². The number of hydrogen-bond acceptors (Lipinski definition) is 8. The molecule has 1 amide bonds. The number of amides is 1. The molecule has 11 heteroatoms. The van der Waals surface area contributed by atoms with E-state index in [4.69, 9.17) is 38.9 Å². The van der Waals surface area contributed by atoms with Crippen molar-refractivity contribution in [1.29, 1.82) is 5.41 Å². The highest BCUT2D eigenvalue weighted by atomic mass is 35.5. The Morgan fingerprint density at radius 2 is 1.87 bits per heavy atom. The minimum absolute atomic E-state index is 0.0658. The standard InChI is InChI=1S/C20H27ClN8O2/c1-12(22)9-11-31-14-7-5-13(6-8-14)4-2-3-10-26-20(25)29-19(30)15-17(23)28-18(24)16(21)27-15/h5-8H,1-4,9-11,22H2,(H4,23,24,28)(H3,25,26,29,30). The molecule has 9 N–H and O–H groups in total. The Labute approximate surface area is 185 Å². The van der Waals surface area contributed by atoms with Crippen LogP contribution in [0.4, 0.5) is 11.6 Å². The normalized spacial score (nSPS) is 10.4. The molecule has 1 aromatic carbocycles. The van der Waals surface area contributed by atoms with Crippen molar-refractivity contribution < 1.29 is 9.53 Å². The van der Waals surface area contributed by atoms with Crippen LogP contribution in [0, 0.1) is 5.41 Å². The Morgan fingerprint density at radius 1 is 1.16 bits per heavy atom. The zero-order chi connectivity index (χ0) is 22.8. The number of ether oxygens (including phenoxy) is 1. The van der Waals surface area contributed by atoms with E-state index in [0.29, 0.717) is 25.3 Å². The SMILES string of the molecule is C=C(N)CCOc1ccc(CCCCNC(=N)NC(=O)c2nc(Cl)c(N)nc2N)cc1. The summed E-state index contributed by atoms with van der Waals surface area (Å²) in [5.41, 5.74) is 18.2. The van der Waals surface area contributed by atoms with E-state index in [1.807, 2.05) is 24.3 Å². The Hall–Kier alpha value is -3.53. The number of aryl methyl sites for hydroxylation is 1. The molecule has 0 atom stereocenters. The van der Waals surface area contributed by atoms with Gasteiger partial charge in [0.1, 0.15) is 5.75 Å². The fourth-order valence-corrected chi connectivity index (χ4v) is 2.67. The average molecular weight is 447 g/mol. The largest absolute Gasteiger partial charge is 0.493 e. The number of anilines is 2. The van der Waals surface area contributed by atoms with Crippen molar-refractivity contribution in [2.75, 3.05) is 24.6 Å². The fourth-order valence-electron chi connectivity index (χ4n) is 2.55. The molecule has 1 aromatic heterocycles. The summed E-state index contributed by atoms with van der Waals surface area (Å²) in [7, 11) is 0. The van der Waals surface area contributed by atoms with Crippen LogP contribution in [0.3, 0.4) is 0 Å². The van der Waals surface area contributed by atoms with Gasteiger partial charge in [-0.2, -0.15) is 0 Å². The van der Waals surface area contributed by atoms with E-state index in [2.05, 4.69) is 27.2 Å². The van der Waals surface area contributed by atoms with Crippen molar-refractivity contribution in [1.82, 2.24) is 20.6 Å². The maximum atomic E-state index is 12.1. The number of benzene rings is 1. The lowest BCUT2D eigenvalue weighted by molar-refractivity contribution is 0.0971. The van der Waals surface area contributed by atoms with Gasteiger partial charge in [0, 0.05) is 18.7 Å². The summed E-state index contributed by atoms with van der Waals surface area (Å²) in [4.78, 5) is 19.7. The molecular formula is C20H27ClN8O2. The lowest BCUT2D eigenvalue weighted by Gasteiger charge is -2.10. The molecular weight excluding hydrogens is 420 g/mol. The number of unbranched alkanes of at least 4 members (excludes halogenated alkanes) is 1. The number of nitrogens with one attached hydrogen (secondary N) is 3. The van der Waals surface area contributed by atoms with Crippen LogP contribution in [0.15, 0.2) is 36.5 Å². The smallest absolute Gasteiger partial charge is 0.280 e. The summed E-state index contributed by atoms with van der Waals surface area (Å²) in [6.45, 7) is 4.66. The fraction of sp³-hybridized carbons (Fsp3) is 0.300. The molecule has 0 radical (unpaired) electrons. The number of nitrogens with two attached hydrogens (primary N) is 3. The van der Waals surface area contributed by atoms with Gasteiger partial charge in [0.05, 0.1) is 6.61 Å². The molecule has 0 saturated heterocycles. The number of halogens is 1. The molecule has 166 valence electrons. The molecule has 31 heavy (non-hydrogen) atoms. The second kappa shape index (κ2) is 11.6. The summed E-state index contributed by atoms with van der Waals surface area (Å²) >= 11 is 5.76. The number of aromatic nitrogens is 2. The Morgan fingerprint density at radius 3 is 2.55 bits per heavy atom. The quantitative estimate of drug-likeness (QED) is 0.181. The van der Waals surface area contributed by atoms with Crippen molar-refractivity contribution in [3.8, 4) is 5.75 Å². The van der Waals surface area contributed by atoms with Crippen LogP contribution in [0.2, 0.25) is 5.15 Å². The first kappa shape index (κ1) is 23.7. The molecule has 0 unspecified atom stereocenters. The monoisotopic (exact) mass is 446 g/mol. The van der Waals surface area contributed by atoms with Crippen LogP contribution < -0.4 is 32.6 Å². The number of guanidine groups is 1. The van der Waals surface area contributed by atoms with Crippen molar-refractivity contribution in [3.05, 3.63) is 53.0 Å². The predicted octanol–water partition coefficient (Wildman–Crippen LogP) is 1.81. The van der Waals surface area contributed by atoms with E-state index in [9.17, 15) is 4.79 Å². The van der Waals surface area contributed by atoms with Crippen molar-refractivity contribution in [2.45, 2.75) is 25.7 Å². The maximum absolute atomic E-state index is 12.1. The molecule has 2 aromatic rings. The zero-order valence-corrected chi connectivity index (χ0v) is 17.8.